The highest BCUT2D eigenvalue weighted by atomic mass is 35.5. The SMILES string of the molecule is CC(C)(C)[C@@H]1C[C@H]2OC(=O)[C@]34C[C@@H](Cl)[C@H](Cl)C23[C@@]12[C@@H](OC(=O)[C@@H]2O)O4. The van der Waals surface area contributed by atoms with Crippen molar-refractivity contribution in [3.8, 4) is 0 Å². The first-order valence-corrected chi connectivity index (χ1v) is 9.48. The van der Waals surface area contributed by atoms with Gasteiger partial charge in [0.25, 0.3) is 0 Å². The summed E-state index contributed by atoms with van der Waals surface area (Å²) in [7, 11) is 0. The van der Waals surface area contributed by atoms with Crippen LogP contribution in [0.2, 0.25) is 0 Å². The third-order valence-electron chi connectivity index (χ3n) is 7.38. The molecule has 5 rings (SSSR count). The van der Waals surface area contributed by atoms with Crippen LogP contribution in [0.1, 0.15) is 33.6 Å². The van der Waals surface area contributed by atoms with E-state index in [1.54, 1.807) is 0 Å². The first-order chi connectivity index (χ1) is 11.5. The molecule has 5 aliphatic rings. The van der Waals surface area contributed by atoms with Gasteiger partial charge in [-0.15, -0.1) is 23.2 Å². The second-order valence-electron chi connectivity index (χ2n) is 9.09. The van der Waals surface area contributed by atoms with E-state index in [2.05, 4.69) is 0 Å². The number of carbonyl (C=O) groups excluding carboxylic acids is 2. The molecule has 0 aromatic carbocycles. The molecule has 8 heteroatoms. The topological polar surface area (TPSA) is 82.1 Å². The zero-order valence-corrected chi connectivity index (χ0v) is 15.6. The fourth-order valence-electron chi connectivity index (χ4n) is 6.80. The van der Waals surface area contributed by atoms with E-state index in [0.29, 0.717) is 6.42 Å². The van der Waals surface area contributed by atoms with Crippen LogP contribution in [0, 0.1) is 22.2 Å². The number of halogens is 2. The number of aliphatic hydroxyl groups is 1. The lowest BCUT2D eigenvalue weighted by molar-refractivity contribution is -0.196. The number of aliphatic hydroxyl groups excluding tert-OH is 1. The van der Waals surface area contributed by atoms with Crippen LogP contribution in [-0.2, 0) is 23.8 Å². The lowest BCUT2D eigenvalue weighted by atomic mass is 9.52. The van der Waals surface area contributed by atoms with Gasteiger partial charge in [0.2, 0.25) is 6.29 Å². The zero-order valence-electron chi connectivity index (χ0n) is 14.1. The Hall–Kier alpha value is -0.560. The number of ether oxygens (including phenoxy) is 3. The highest BCUT2D eigenvalue weighted by molar-refractivity contribution is 6.31. The van der Waals surface area contributed by atoms with Crippen LogP contribution in [0.5, 0.6) is 0 Å². The van der Waals surface area contributed by atoms with E-state index < -0.39 is 57.6 Å². The minimum atomic E-state index is -1.42. The summed E-state index contributed by atoms with van der Waals surface area (Å²) in [6.45, 7) is 6.11. The number of alkyl halides is 2. The van der Waals surface area contributed by atoms with Gasteiger partial charge in [0, 0.05) is 6.42 Å². The van der Waals surface area contributed by atoms with Gasteiger partial charge >= 0.3 is 11.9 Å². The van der Waals surface area contributed by atoms with Gasteiger partial charge in [-0.2, -0.15) is 0 Å². The minimum Gasteiger partial charge on any atom is -0.459 e. The Balaban J connectivity index is 1.85. The fourth-order valence-corrected chi connectivity index (χ4v) is 7.81. The van der Waals surface area contributed by atoms with E-state index in [1.807, 2.05) is 20.8 Å². The summed E-state index contributed by atoms with van der Waals surface area (Å²) >= 11 is 13.3. The Labute approximate surface area is 155 Å². The molecule has 9 atom stereocenters. The quantitative estimate of drug-likeness (QED) is 0.499. The van der Waals surface area contributed by atoms with Crippen molar-refractivity contribution in [1.82, 2.24) is 0 Å². The predicted octanol–water partition coefficient (Wildman–Crippen LogP) is 1.58. The Kier molecular flexibility index (Phi) is 2.85. The average molecular weight is 391 g/mol. The maximum absolute atomic E-state index is 12.8. The predicted molar refractivity (Wildman–Crippen MR) is 85.9 cm³/mol. The molecule has 0 aromatic rings. The van der Waals surface area contributed by atoms with Crippen LogP contribution >= 0.6 is 23.2 Å². The van der Waals surface area contributed by atoms with E-state index in [1.165, 1.54) is 0 Å². The first-order valence-electron chi connectivity index (χ1n) is 8.60. The Bertz CT molecular complexity index is 706. The molecule has 6 nitrogen and oxygen atoms in total. The van der Waals surface area contributed by atoms with Crippen molar-refractivity contribution in [2.24, 2.45) is 22.2 Å². The van der Waals surface area contributed by atoms with Gasteiger partial charge in [-0.25, -0.2) is 9.59 Å². The van der Waals surface area contributed by atoms with Gasteiger partial charge in [-0.05, 0) is 17.8 Å². The molecule has 3 saturated heterocycles. The summed E-state index contributed by atoms with van der Waals surface area (Å²) < 4.78 is 17.2. The van der Waals surface area contributed by atoms with E-state index in [4.69, 9.17) is 37.4 Å². The van der Waals surface area contributed by atoms with Crippen LogP contribution in [0.4, 0.5) is 0 Å². The normalized spacial score (nSPS) is 58.8. The number of rotatable bonds is 0. The summed E-state index contributed by atoms with van der Waals surface area (Å²) in [5, 5.41) is 9.84. The summed E-state index contributed by atoms with van der Waals surface area (Å²) in [6.07, 6.45) is -2.30. The van der Waals surface area contributed by atoms with Crippen LogP contribution in [0.15, 0.2) is 0 Å². The standard InChI is InChI=1S/C17H20Cl2O6/c1-14(2,3)7-4-8-17-9(19)6(18)5-15(17,12(22)23-8)25-13-16(7,17)10(20)11(21)24-13/h6-10,13,20H,4-5H2,1-3H3/t6-,7+,8-,9+,10+,13+,15-,16+,17?/m1/s1. The lowest BCUT2D eigenvalue weighted by Gasteiger charge is -2.47. The highest BCUT2D eigenvalue weighted by Crippen LogP contribution is 2.82. The number of esters is 2. The molecule has 0 bridgehead atoms. The summed E-state index contributed by atoms with van der Waals surface area (Å²) in [6, 6.07) is 0. The van der Waals surface area contributed by atoms with Gasteiger partial charge in [0.15, 0.2) is 11.7 Å². The zero-order chi connectivity index (χ0) is 18.2. The number of hydrogen-bond acceptors (Lipinski definition) is 6. The third-order valence-corrected chi connectivity index (χ3v) is 8.56. The minimum absolute atomic E-state index is 0.186. The Morgan fingerprint density at radius 2 is 1.88 bits per heavy atom. The van der Waals surface area contributed by atoms with Crippen molar-refractivity contribution in [2.75, 3.05) is 0 Å². The summed E-state index contributed by atoms with van der Waals surface area (Å²) in [4.78, 5) is 25.2. The van der Waals surface area contributed by atoms with Gasteiger partial charge in [-0.3, -0.25) is 0 Å². The fraction of sp³-hybridized carbons (Fsp3) is 0.882. The van der Waals surface area contributed by atoms with Crippen molar-refractivity contribution in [1.29, 1.82) is 0 Å². The molecular formula is C17H20Cl2O6. The van der Waals surface area contributed by atoms with Crippen molar-refractivity contribution in [3.63, 3.8) is 0 Å². The average Bonchev–Trinajstić information content (AvgIpc) is 3.15. The maximum Gasteiger partial charge on any atom is 0.339 e. The maximum atomic E-state index is 12.8. The Morgan fingerprint density at radius 3 is 2.52 bits per heavy atom. The van der Waals surface area contributed by atoms with Crippen LogP contribution in [0.3, 0.4) is 0 Å². The first kappa shape index (κ1) is 16.6. The van der Waals surface area contributed by atoms with Crippen LogP contribution < -0.4 is 0 Å². The molecule has 2 aliphatic carbocycles. The molecule has 0 amide bonds. The Morgan fingerprint density at radius 1 is 1.20 bits per heavy atom. The lowest BCUT2D eigenvalue weighted by Crippen LogP contribution is -2.61. The van der Waals surface area contributed by atoms with E-state index in [-0.39, 0.29) is 17.8 Å². The van der Waals surface area contributed by atoms with E-state index in [0.717, 1.165) is 0 Å². The molecular weight excluding hydrogens is 371 g/mol. The second-order valence-corrected chi connectivity index (χ2v) is 10.1. The largest absolute Gasteiger partial charge is 0.459 e. The summed E-state index contributed by atoms with van der Waals surface area (Å²) in [5.74, 6) is -1.42. The van der Waals surface area contributed by atoms with Crippen molar-refractivity contribution in [2.45, 2.75) is 68.5 Å². The molecule has 3 heterocycles. The molecule has 138 valence electrons. The van der Waals surface area contributed by atoms with Crippen molar-refractivity contribution >= 4 is 35.1 Å². The van der Waals surface area contributed by atoms with E-state index in [9.17, 15) is 14.7 Å². The summed E-state index contributed by atoms with van der Waals surface area (Å²) in [5.41, 5.74) is -3.86. The molecule has 25 heavy (non-hydrogen) atoms. The third kappa shape index (κ3) is 1.35. The second kappa shape index (κ2) is 4.29. The smallest absolute Gasteiger partial charge is 0.339 e. The van der Waals surface area contributed by atoms with Crippen molar-refractivity contribution < 1.29 is 28.9 Å². The molecule has 5 fully saturated rings. The van der Waals surface area contributed by atoms with Gasteiger partial charge in [-0.1, -0.05) is 20.8 Å². The number of carbonyl (C=O) groups is 2. The molecule has 0 aromatic heterocycles. The van der Waals surface area contributed by atoms with Crippen LogP contribution in [-0.4, -0.2) is 51.9 Å². The molecule has 2 spiro atoms. The monoisotopic (exact) mass is 390 g/mol. The molecule has 1 unspecified atom stereocenters. The molecule has 2 saturated carbocycles. The number of hydrogen-bond donors (Lipinski definition) is 1. The van der Waals surface area contributed by atoms with Crippen LogP contribution in [0.25, 0.3) is 0 Å². The van der Waals surface area contributed by atoms with Gasteiger partial charge in [0.1, 0.15) is 6.10 Å². The van der Waals surface area contributed by atoms with Crippen molar-refractivity contribution in [3.05, 3.63) is 0 Å². The molecule has 1 N–H and O–H groups in total. The molecule has 0 radical (unpaired) electrons. The van der Waals surface area contributed by atoms with E-state index >= 15 is 0 Å². The highest BCUT2D eigenvalue weighted by Gasteiger charge is 2.96. The van der Waals surface area contributed by atoms with Gasteiger partial charge < -0.3 is 19.3 Å². The van der Waals surface area contributed by atoms with Gasteiger partial charge in [0.05, 0.1) is 21.6 Å². The molecule has 3 aliphatic heterocycles.